The van der Waals surface area contributed by atoms with Gasteiger partial charge in [-0.15, -0.1) is 11.3 Å². The minimum atomic E-state index is 0.0516. The molecule has 0 atom stereocenters. The molecule has 4 rings (SSSR count). The molecule has 0 amide bonds. The fourth-order valence-electron chi connectivity index (χ4n) is 3.98. The first-order valence-electron chi connectivity index (χ1n) is 11.8. The van der Waals surface area contributed by atoms with E-state index in [1.807, 2.05) is 43.6 Å². The molecule has 0 unspecified atom stereocenters. The third kappa shape index (κ3) is 5.92. The molecule has 0 aliphatic rings. The van der Waals surface area contributed by atoms with Crippen LogP contribution in [-0.2, 0) is 20.2 Å². The zero-order valence-corrected chi connectivity index (χ0v) is 20.3. The van der Waals surface area contributed by atoms with Gasteiger partial charge in [-0.1, -0.05) is 68.7 Å². The molecule has 0 aliphatic carbocycles. The van der Waals surface area contributed by atoms with Crippen molar-refractivity contribution in [2.24, 2.45) is 7.05 Å². The van der Waals surface area contributed by atoms with E-state index in [1.165, 1.54) is 30.6 Å². The number of benzene rings is 2. The van der Waals surface area contributed by atoms with Crippen LogP contribution in [0.2, 0.25) is 0 Å². The molecule has 1 N–H and O–H groups in total. The molecule has 0 fully saturated rings. The summed E-state index contributed by atoms with van der Waals surface area (Å²) >= 11 is 1.71. The Kier molecular flexibility index (Phi) is 7.97. The number of nitrogens with zero attached hydrogens (tertiary/aromatic N) is 1. The molecule has 33 heavy (non-hydrogen) atoms. The molecule has 172 valence electrons. The molecule has 2 aromatic heterocycles. The van der Waals surface area contributed by atoms with Gasteiger partial charge in [-0.3, -0.25) is 4.79 Å². The van der Waals surface area contributed by atoms with Crippen molar-refractivity contribution in [1.29, 1.82) is 0 Å². The van der Waals surface area contributed by atoms with E-state index in [1.54, 1.807) is 15.9 Å². The van der Waals surface area contributed by atoms with Crippen LogP contribution in [0.25, 0.3) is 21.2 Å². The molecule has 5 heteroatoms. The number of rotatable bonds is 11. The van der Waals surface area contributed by atoms with Gasteiger partial charge < -0.3 is 14.6 Å². The van der Waals surface area contributed by atoms with Crippen molar-refractivity contribution in [3.63, 3.8) is 0 Å². The van der Waals surface area contributed by atoms with Crippen LogP contribution in [0.5, 0.6) is 5.75 Å². The second-order valence-corrected chi connectivity index (χ2v) is 9.59. The van der Waals surface area contributed by atoms with Crippen molar-refractivity contribution >= 4 is 21.4 Å². The first-order valence-corrected chi connectivity index (χ1v) is 12.6. The second-order valence-electron chi connectivity index (χ2n) is 8.45. The van der Waals surface area contributed by atoms with Gasteiger partial charge in [0.05, 0.1) is 5.39 Å². The van der Waals surface area contributed by atoms with E-state index < -0.39 is 0 Å². The zero-order chi connectivity index (χ0) is 23.0. The number of thiophene rings is 1. The molecule has 2 aromatic carbocycles. The maximum atomic E-state index is 12.8. The average Bonchev–Trinajstić information content (AvgIpc) is 3.27. The van der Waals surface area contributed by atoms with E-state index in [9.17, 15) is 4.79 Å². The number of unbranched alkanes of at least 4 members (excludes halogenated alkanes) is 3. The lowest BCUT2D eigenvalue weighted by Crippen LogP contribution is -2.16. The number of hydrogen-bond acceptors (Lipinski definition) is 4. The molecular formula is C28H32N2O2S. The fourth-order valence-corrected chi connectivity index (χ4v) is 5.13. The van der Waals surface area contributed by atoms with Crippen molar-refractivity contribution < 1.29 is 4.74 Å². The number of aryl methyl sites for hydroxylation is 1. The van der Waals surface area contributed by atoms with E-state index in [2.05, 4.69) is 42.6 Å². The SMILES string of the molecule is CCCCCCNCc1cc2c(=O)n(C)cc(-c3cccc(OCc4ccccc4)c3)c2s1. The van der Waals surface area contributed by atoms with E-state index in [0.29, 0.717) is 6.61 Å². The van der Waals surface area contributed by atoms with Gasteiger partial charge in [0.15, 0.2) is 0 Å². The normalized spacial score (nSPS) is 11.2. The summed E-state index contributed by atoms with van der Waals surface area (Å²) in [6.45, 7) is 4.57. The van der Waals surface area contributed by atoms with Crippen LogP contribution in [-0.4, -0.2) is 11.1 Å². The Morgan fingerprint density at radius 1 is 1.00 bits per heavy atom. The maximum Gasteiger partial charge on any atom is 0.259 e. The summed E-state index contributed by atoms with van der Waals surface area (Å²) < 4.78 is 8.77. The van der Waals surface area contributed by atoms with Crippen molar-refractivity contribution in [1.82, 2.24) is 9.88 Å². The summed E-state index contributed by atoms with van der Waals surface area (Å²) in [5, 5.41) is 4.33. The largest absolute Gasteiger partial charge is 0.489 e. The Labute approximate surface area is 199 Å². The average molecular weight is 461 g/mol. The van der Waals surface area contributed by atoms with E-state index in [4.69, 9.17) is 4.74 Å². The topological polar surface area (TPSA) is 43.3 Å². The molecular weight excluding hydrogens is 428 g/mol. The van der Waals surface area contributed by atoms with Gasteiger partial charge in [-0.25, -0.2) is 0 Å². The Hall–Kier alpha value is -2.89. The van der Waals surface area contributed by atoms with Crippen molar-refractivity contribution in [2.75, 3.05) is 6.54 Å². The Balaban J connectivity index is 1.55. The lowest BCUT2D eigenvalue weighted by molar-refractivity contribution is 0.306. The van der Waals surface area contributed by atoms with Gasteiger partial charge in [0, 0.05) is 34.9 Å². The first-order chi connectivity index (χ1) is 16.2. The number of aromatic nitrogens is 1. The van der Waals surface area contributed by atoms with E-state index in [-0.39, 0.29) is 5.56 Å². The predicted molar refractivity (Wildman–Crippen MR) is 139 cm³/mol. The molecule has 0 saturated heterocycles. The van der Waals surface area contributed by atoms with Crippen LogP contribution in [0.4, 0.5) is 0 Å². The Morgan fingerprint density at radius 2 is 1.85 bits per heavy atom. The zero-order valence-electron chi connectivity index (χ0n) is 19.5. The van der Waals surface area contributed by atoms with Gasteiger partial charge in [-0.05, 0) is 42.3 Å². The monoisotopic (exact) mass is 460 g/mol. The highest BCUT2D eigenvalue weighted by molar-refractivity contribution is 7.19. The third-order valence-corrected chi connectivity index (χ3v) is 6.97. The highest BCUT2D eigenvalue weighted by atomic mass is 32.1. The van der Waals surface area contributed by atoms with Gasteiger partial charge in [0.2, 0.25) is 0 Å². The van der Waals surface area contributed by atoms with E-state index >= 15 is 0 Å². The summed E-state index contributed by atoms with van der Waals surface area (Å²) in [6.07, 6.45) is 6.95. The lowest BCUT2D eigenvalue weighted by Gasteiger charge is -2.10. The molecule has 2 heterocycles. The van der Waals surface area contributed by atoms with Crippen LogP contribution < -0.4 is 15.6 Å². The van der Waals surface area contributed by atoms with Crippen LogP contribution in [0, 0.1) is 0 Å². The summed E-state index contributed by atoms with van der Waals surface area (Å²) in [5.74, 6) is 0.823. The number of nitrogens with one attached hydrogen (secondary N) is 1. The minimum Gasteiger partial charge on any atom is -0.489 e. The smallest absolute Gasteiger partial charge is 0.259 e. The number of fused-ring (bicyclic) bond motifs is 1. The summed E-state index contributed by atoms with van der Waals surface area (Å²) in [7, 11) is 1.82. The maximum absolute atomic E-state index is 12.8. The second kappa shape index (κ2) is 11.3. The molecule has 0 bridgehead atoms. The Bertz CT molecular complexity index is 1240. The molecule has 0 spiro atoms. The van der Waals surface area contributed by atoms with Crippen LogP contribution >= 0.6 is 11.3 Å². The Morgan fingerprint density at radius 3 is 2.67 bits per heavy atom. The first kappa shape index (κ1) is 23.3. The van der Waals surface area contributed by atoms with Gasteiger partial charge in [-0.2, -0.15) is 0 Å². The molecule has 0 aliphatic heterocycles. The van der Waals surface area contributed by atoms with Crippen molar-refractivity contribution in [3.05, 3.63) is 87.7 Å². The lowest BCUT2D eigenvalue weighted by atomic mass is 10.1. The highest BCUT2D eigenvalue weighted by Gasteiger charge is 2.14. The predicted octanol–water partition coefficient (Wildman–Crippen LogP) is 6.52. The van der Waals surface area contributed by atoms with Crippen molar-refractivity contribution in [2.45, 2.75) is 45.8 Å². The standard InChI is InChI=1S/C28H32N2O2S/c1-3-4-5-9-15-29-18-24-17-25-27(33-24)26(19-30(2)28(25)31)22-13-10-14-23(16-22)32-20-21-11-7-6-8-12-21/h6-8,10-14,16-17,19,29H,3-5,9,15,18,20H2,1-2H3. The number of ether oxygens (including phenoxy) is 1. The molecule has 0 saturated carbocycles. The van der Waals surface area contributed by atoms with Gasteiger partial charge in [0.1, 0.15) is 12.4 Å². The number of hydrogen-bond donors (Lipinski definition) is 1. The van der Waals surface area contributed by atoms with Crippen LogP contribution in [0.1, 0.15) is 43.0 Å². The quantitative estimate of drug-likeness (QED) is 0.259. The molecule has 0 radical (unpaired) electrons. The van der Waals surface area contributed by atoms with Crippen LogP contribution in [0.3, 0.4) is 0 Å². The van der Waals surface area contributed by atoms with Crippen LogP contribution in [0.15, 0.2) is 71.7 Å². The highest BCUT2D eigenvalue weighted by Crippen LogP contribution is 2.34. The van der Waals surface area contributed by atoms with E-state index in [0.717, 1.165) is 45.6 Å². The van der Waals surface area contributed by atoms with Gasteiger partial charge >= 0.3 is 0 Å². The minimum absolute atomic E-state index is 0.0516. The molecule has 4 nitrogen and oxygen atoms in total. The summed E-state index contributed by atoms with van der Waals surface area (Å²) in [6, 6.07) is 20.4. The summed E-state index contributed by atoms with van der Waals surface area (Å²) in [5.41, 5.74) is 3.31. The van der Waals surface area contributed by atoms with Crippen molar-refractivity contribution in [3.8, 4) is 16.9 Å². The molecule has 4 aromatic rings. The third-order valence-electron chi connectivity index (χ3n) is 5.80. The van der Waals surface area contributed by atoms with Gasteiger partial charge in [0.25, 0.3) is 5.56 Å². The fraction of sp³-hybridized carbons (Fsp3) is 0.321. The summed E-state index contributed by atoms with van der Waals surface area (Å²) in [4.78, 5) is 14.0. The number of pyridine rings is 1.